The monoisotopic (exact) mass is 131 g/mol. The smallest absolute Gasteiger partial charge is 0.0669 e. The third kappa shape index (κ3) is 2.46. The van der Waals surface area contributed by atoms with Crippen LogP contribution in [0.2, 0.25) is 0 Å². The van der Waals surface area contributed by atoms with Crippen LogP contribution in [-0.2, 0) is 4.79 Å². The van der Waals surface area contributed by atoms with E-state index in [-0.39, 0.29) is 0 Å². The minimum atomic E-state index is -1.22. The first-order valence-corrected chi connectivity index (χ1v) is 2.79. The number of carboxylic acids is 1. The van der Waals surface area contributed by atoms with Crippen molar-refractivity contribution < 1.29 is 15.0 Å². The first kappa shape index (κ1) is 8.43. The Morgan fingerprint density at radius 3 is 2.00 bits per heavy atom. The molecule has 0 saturated carbocycles. The second kappa shape index (κ2) is 2.35. The number of carboxylic acid groups (broad SMARTS) is 1. The number of carbonyl (C=O) groups excluding carboxylic acids is 1. The molecule has 0 aromatic heterocycles. The largest absolute Gasteiger partial charge is 0.550 e. The summed E-state index contributed by atoms with van der Waals surface area (Å²) < 4.78 is 0. The lowest BCUT2D eigenvalue weighted by atomic mass is 9.93. The Morgan fingerprint density at radius 2 is 2.00 bits per heavy atom. The molecule has 0 aliphatic rings. The Bertz CT molecular complexity index is 112. The van der Waals surface area contributed by atoms with Gasteiger partial charge in [0.05, 0.1) is 5.60 Å². The Labute approximate surface area is 54.3 Å². The number of aliphatic carboxylic acids is 1. The van der Waals surface area contributed by atoms with Crippen LogP contribution in [0, 0.1) is 5.92 Å². The van der Waals surface area contributed by atoms with Crippen molar-refractivity contribution in [3.8, 4) is 0 Å². The van der Waals surface area contributed by atoms with Crippen LogP contribution in [0.15, 0.2) is 0 Å². The number of rotatable bonds is 2. The fourth-order valence-electron chi connectivity index (χ4n) is 0.288. The van der Waals surface area contributed by atoms with E-state index in [0.29, 0.717) is 0 Å². The highest BCUT2D eigenvalue weighted by Crippen LogP contribution is 2.13. The number of aliphatic hydroxyl groups is 1. The average molecular weight is 131 g/mol. The number of carbonyl (C=O) groups is 1. The molecule has 3 heteroatoms. The fraction of sp³-hybridized carbons (Fsp3) is 0.833. The third-order valence-electron chi connectivity index (χ3n) is 1.41. The SMILES string of the molecule is CC(C(=O)[O-])C(C)(C)O. The van der Waals surface area contributed by atoms with Gasteiger partial charge < -0.3 is 15.0 Å². The van der Waals surface area contributed by atoms with Gasteiger partial charge in [0.1, 0.15) is 0 Å². The van der Waals surface area contributed by atoms with Crippen molar-refractivity contribution in [1.82, 2.24) is 0 Å². The molecule has 1 N–H and O–H groups in total. The highest BCUT2D eigenvalue weighted by Gasteiger charge is 2.22. The van der Waals surface area contributed by atoms with Crippen LogP contribution < -0.4 is 5.11 Å². The Morgan fingerprint density at radius 1 is 1.67 bits per heavy atom. The van der Waals surface area contributed by atoms with Crippen molar-refractivity contribution >= 4 is 5.97 Å². The van der Waals surface area contributed by atoms with E-state index in [1.54, 1.807) is 0 Å². The molecule has 0 amide bonds. The molecule has 0 rings (SSSR count). The van der Waals surface area contributed by atoms with E-state index in [1.165, 1.54) is 20.8 Å². The molecule has 0 aliphatic heterocycles. The van der Waals surface area contributed by atoms with E-state index >= 15 is 0 Å². The minimum Gasteiger partial charge on any atom is -0.550 e. The van der Waals surface area contributed by atoms with Gasteiger partial charge in [-0.05, 0) is 13.8 Å². The summed E-state index contributed by atoms with van der Waals surface area (Å²) in [5.74, 6) is -2.04. The zero-order chi connectivity index (χ0) is 7.65. The van der Waals surface area contributed by atoms with Crippen molar-refractivity contribution in [2.75, 3.05) is 0 Å². The van der Waals surface area contributed by atoms with Crippen molar-refractivity contribution in [2.24, 2.45) is 5.92 Å². The summed E-state index contributed by atoms with van der Waals surface area (Å²) in [6.45, 7) is 4.29. The van der Waals surface area contributed by atoms with Gasteiger partial charge >= 0.3 is 0 Å². The fourth-order valence-corrected chi connectivity index (χ4v) is 0.288. The summed E-state index contributed by atoms with van der Waals surface area (Å²) >= 11 is 0. The third-order valence-corrected chi connectivity index (χ3v) is 1.41. The topological polar surface area (TPSA) is 60.4 Å². The van der Waals surface area contributed by atoms with Gasteiger partial charge in [-0.15, -0.1) is 0 Å². The van der Waals surface area contributed by atoms with Gasteiger partial charge in [0.25, 0.3) is 0 Å². The van der Waals surface area contributed by atoms with Gasteiger partial charge in [0.15, 0.2) is 0 Å². The summed E-state index contributed by atoms with van der Waals surface area (Å²) in [5.41, 5.74) is -1.18. The Hall–Kier alpha value is -0.570. The maximum absolute atomic E-state index is 10.1. The first-order valence-electron chi connectivity index (χ1n) is 2.79. The lowest BCUT2D eigenvalue weighted by Crippen LogP contribution is -2.42. The summed E-state index contributed by atoms with van der Waals surface area (Å²) in [4.78, 5) is 10.1. The van der Waals surface area contributed by atoms with E-state index < -0.39 is 17.5 Å². The molecule has 1 unspecified atom stereocenters. The van der Waals surface area contributed by atoms with Gasteiger partial charge in [0.2, 0.25) is 0 Å². The zero-order valence-electron chi connectivity index (χ0n) is 5.84. The van der Waals surface area contributed by atoms with Gasteiger partial charge in [-0.3, -0.25) is 0 Å². The molecule has 0 heterocycles. The molecule has 0 aromatic carbocycles. The van der Waals surface area contributed by atoms with Crippen molar-refractivity contribution in [3.63, 3.8) is 0 Å². The molecule has 3 nitrogen and oxygen atoms in total. The predicted molar refractivity (Wildman–Crippen MR) is 30.5 cm³/mol. The normalized spacial score (nSPS) is 15.1. The maximum atomic E-state index is 10.1. The van der Waals surface area contributed by atoms with Crippen molar-refractivity contribution in [3.05, 3.63) is 0 Å². The molecule has 0 bridgehead atoms. The maximum Gasteiger partial charge on any atom is 0.0669 e. The van der Waals surface area contributed by atoms with Crippen molar-refractivity contribution in [1.29, 1.82) is 0 Å². The number of hydrogen-bond donors (Lipinski definition) is 1. The van der Waals surface area contributed by atoms with Gasteiger partial charge in [0, 0.05) is 11.9 Å². The molecular weight excluding hydrogens is 120 g/mol. The summed E-state index contributed by atoms with van der Waals surface area (Å²) in [6.07, 6.45) is 0. The summed E-state index contributed by atoms with van der Waals surface area (Å²) in [5, 5.41) is 19.1. The second-order valence-electron chi connectivity index (χ2n) is 2.69. The van der Waals surface area contributed by atoms with E-state index in [2.05, 4.69) is 0 Å². The van der Waals surface area contributed by atoms with Crippen LogP contribution in [0.1, 0.15) is 20.8 Å². The van der Waals surface area contributed by atoms with Crippen LogP contribution in [0.5, 0.6) is 0 Å². The van der Waals surface area contributed by atoms with Crippen LogP contribution in [0.25, 0.3) is 0 Å². The van der Waals surface area contributed by atoms with Crippen LogP contribution in [0.3, 0.4) is 0 Å². The molecule has 0 aromatic rings. The summed E-state index contributed by atoms with van der Waals surface area (Å²) in [7, 11) is 0. The highest BCUT2D eigenvalue weighted by atomic mass is 16.4. The van der Waals surface area contributed by atoms with Gasteiger partial charge in [-0.25, -0.2) is 0 Å². The minimum absolute atomic E-state index is 0.822. The van der Waals surface area contributed by atoms with Gasteiger partial charge in [-0.1, -0.05) is 6.92 Å². The van der Waals surface area contributed by atoms with Crippen molar-refractivity contribution in [2.45, 2.75) is 26.4 Å². The first-order chi connectivity index (χ1) is 3.85. The standard InChI is InChI=1S/C6H12O3/c1-4(5(7)8)6(2,3)9/h4,9H,1-3H3,(H,7,8)/p-1. The highest BCUT2D eigenvalue weighted by molar-refractivity contribution is 5.68. The lowest BCUT2D eigenvalue weighted by molar-refractivity contribution is -0.315. The molecule has 0 saturated heterocycles. The Kier molecular flexibility index (Phi) is 2.20. The van der Waals surface area contributed by atoms with Gasteiger partial charge in [-0.2, -0.15) is 0 Å². The molecule has 0 radical (unpaired) electrons. The lowest BCUT2D eigenvalue weighted by Gasteiger charge is -2.26. The second-order valence-corrected chi connectivity index (χ2v) is 2.69. The van der Waals surface area contributed by atoms with Crippen LogP contribution in [-0.4, -0.2) is 16.7 Å². The Balaban J connectivity index is 4.04. The average Bonchev–Trinajstić information content (AvgIpc) is 1.62. The summed E-state index contributed by atoms with van der Waals surface area (Å²) in [6, 6.07) is 0. The molecule has 0 spiro atoms. The van der Waals surface area contributed by atoms with E-state index in [9.17, 15) is 9.90 Å². The molecule has 0 fully saturated rings. The number of hydrogen-bond acceptors (Lipinski definition) is 3. The molecule has 54 valence electrons. The molecule has 0 aliphatic carbocycles. The molecule has 1 atom stereocenters. The van der Waals surface area contributed by atoms with E-state index in [1.807, 2.05) is 0 Å². The van der Waals surface area contributed by atoms with Crippen LogP contribution in [0.4, 0.5) is 0 Å². The molecule has 9 heavy (non-hydrogen) atoms. The zero-order valence-corrected chi connectivity index (χ0v) is 5.84. The predicted octanol–water partition coefficient (Wildman–Crippen LogP) is -0.857. The molecular formula is C6H11O3-. The van der Waals surface area contributed by atoms with Crippen LogP contribution >= 0.6 is 0 Å². The quantitative estimate of drug-likeness (QED) is 0.530. The van der Waals surface area contributed by atoms with E-state index in [4.69, 9.17) is 5.11 Å². The van der Waals surface area contributed by atoms with E-state index in [0.717, 1.165) is 0 Å².